The van der Waals surface area contributed by atoms with Gasteiger partial charge in [0.2, 0.25) is 0 Å². The summed E-state index contributed by atoms with van der Waals surface area (Å²) in [5, 5.41) is 4.40. The number of nitrogens with one attached hydrogen (secondary N) is 1. The van der Waals surface area contributed by atoms with Gasteiger partial charge < -0.3 is 9.47 Å². The summed E-state index contributed by atoms with van der Waals surface area (Å²) in [6.07, 6.45) is 2.40. The molecule has 3 aromatic rings. The molecule has 0 aliphatic rings. The molecule has 158 valence electrons. The number of amides is 1. The van der Waals surface area contributed by atoms with E-state index in [-0.39, 0.29) is 5.91 Å². The van der Waals surface area contributed by atoms with Crippen LogP contribution in [0.2, 0.25) is 5.02 Å². The first-order valence-corrected chi connectivity index (χ1v) is 10.1. The number of halogens is 1. The number of carbonyl (C=O) groups excluding carboxylic acids is 2. The highest BCUT2D eigenvalue weighted by molar-refractivity contribution is 6.30. The number of benzene rings is 3. The van der Waals surface area contributed by atoms with Crippen molar-refractivity contribution >= 4 is 29.7 Å². The van der Waals surface area contributed by atoms with Crippen LogP contribution in [0.4, 0.5) is 0 Å². The molecule has 0 aliphatic carbocycles. The first kappa shape index (κ1) is 22.1. The molecular formula is C24H21ClN2O4. The molecule has 0 unspecified atom stereocenters. The van der Waals surface area contributed by atoms with Gasteiger partial charge in [0.05, 0.1) is 18.4 Å². The van der Waals surface area contributed by atoms with Gasteiger partial charge in [0.1, 0.15) is 11.5 Å². The first-order chi connectivity index (χ1) is 15.0. The lowest BCUT2D eigenvalue weighted by atomic mass is 10.2. The van der Waals surface area contributed by atoms with E-state index in [1.807, 2.05) is 6.92 Å². The van der Waals surface area contributed by atoms with Gasteiger partial charge in [-0.3, -0.25) is 4.79 Å². The summed E-state index contributed by atoms with van der Waals surface area (Å²) in [5.74, 6) is 0.286. The lowest BCUT2D eigenvalue weighted by molar-refractivity contribution is 0.0734. The van der Waals surface area contributed by atoms with Gasteiger partial charge in [0.25, 0.3) is 5.91 Å². The predicted molar refractivity (Wildman–Crippen MR) is 120 cm³/mol. The lowest BCUT2D eigenvalue weighted by Gasteiger charge is -2.07. The third-order valence-corrected chi connectivity index (χ3v) is 4.36. The van der Waals surface area contributed by atoms with Gasteiger partial charge >= 0.3 is 5.97 Å². The average molecular weight is 437 g/mol. The van der Waals surface area contributed by atoms with Crippen molar-refractivity contribution in [2.75, 3.05) is 6.61 Å². The van der Waals surface area contributed by atoms with Gasteiger partial charge in [0, 0.05) is 10.6 Å². The zero-order valence-corrected chi connectivity index (χ0v) is 17.6. The van der Waals surface area contributed by atoms with Gasteiger partial charge in [0.15, 0.2) is 0 Å². The van der Waals surface area contributed by atoms with Crippen molar-refractivity contribution in [2.24, 2.45) is 5.10 Å². The summed E-state index contributed by atoms with van der Waals surface area (Å²) in [4.78, 5) is 24.3. The van der Waals surface area contributed by atoms with E-state index in [2.05, 4.69) is 10.5 Å². The number of hydrogen-bond acceptors (Lipinski definition) is 5. The Bertz CT molecular complexity index is 1060. The Kier molecular flexibility index (Phi) is 7.79. The maximum Gasteiger partial charge on any atom is 0.343 e. The van der Waals surface area contributed by atoms with Gasteiger partial charge in [-0.1, -0.05) is 24.6 Å². The Labute approximate surface area is 185 Å². The normalized spacial score (nSPS) is 10.6. The topological polar surface area (TPSA) is 77.0 Å². The number of ether oxygens (including phenoxy) is 2. The molecule has 1 amide bonds. The monoisotopic (exact) mass is 436 g/mol. The van der Waals surface area contributed by atoms with E-state index in [0.29, 0.717) is 34.3 Å². The van der Waals surface area contributed by atoms with Crippen molar-refractivity contribution in [3.8, 4) is 11.5 Å². The van der Waals surface area contributed by atoms with Crippen LogP contribution in [0.15, 0.2) is 77.9 Å². The van der Waals surface area contributed by atoms with E-state index in [9.17, 15) is 9.59 Å². The van der Waals surface area contributed by atoms with Crippen LogP contribution in [0, 0.1) is 0 Å². The quantitative estimate of drug-likeness (QED) is 0.230. The summed E-state index contributed by atoms with van der Waals surface area (Å²) in [6.45, 7) is 2.66. The zero-order valence-electron chi connectivity index (χ0n) is 16.9. The summed E-state index contributed by atoms with van der Waals surface area (Å²) in [7, 11) is 0. The summed E-state index contributed by atoms with van der Waals surface area (Å²) < 4.78 is 10.9. The first-order valence-electron chi connectivity index (χ1n) is 9.69. The fourth-order valence-corrected chi connectivity index (χ4v) is 2.75. The van der Waals surface area contributed by atoms with Crippen LogP contribution in [0.1, 0.15) is 39.6 Å². The molecule has 3 aromatic carbocycles. The predicted octanol–water partition coefficient (Wildman–Crippen LogP) is 5.11. The Morgan fingerprint density at radius 3 is 2.35 bits per heavy atom. The van der Waals surface area contributed by atoms with Gasteiger partial charge in [-0.25, -0.2) is 10.2 Å². The van der Waals surface area contributed by atoms with Gasteiger partial charge in [-0.15, -0.1) is 0 Å². The minimum absolute atomic E-state index is 0.365. The molecule has 0 saturated carbocycles. The van der Waals surface area contributed by atoms with Crippen molar-refractivity contribution < 1.29 is 19.1 Å². The minimum Gasteiger partial charge on any atom is -0.494 e. The van der Waals surface area contributed by atoms with Gasteiger partial charge in [-0.2, -0.15) is 5.10 Å². The molecule has 0 aliphatic heterocycles. The molecule has 0 spiro atoms. The summed E-state index contributed by atoms with van der Waals surface area (Å²) in [6, 6.07) is 20.1. The van der Waals surface area contributed by atoms with Crippen LogP contribution in [0.3, 0.4) is 0 Å². The third-order valence-electron chi connectivity index (χ3n) is 4.12. The highest BCUT2D eigenvalue weighted by Gasteiger charge is 2.09. The average Bonchev–Trinajstić information content (AvgIpc) is 2.79. The van der Waals surface area contributed by atoms with Crippen molar-refractivity contribution in [3.05, 3.63) is 94.5 Å². The number of esters is 1. The number of nitrogens with zero attached hydrogens (tertiary/aromatic N) is 1. The fourth-order valence-electron chi connectivity index (χ4n) is 2.55. The number of hydrogen-bond donors (Lipinski definition) is 1. The minimum atomic E-state index is -0.461. The molecule has 0 atom stereocenters. The van der Waals surface area contributed by atoms with E-state index < -0.39 is 5.97 Å². The van der Waals surface area contributed by atoms with Crippen LogP contribution >= 0.6 is 11.6 Å². The second-order valence-electron chi connectivity index (χ2n) is 6.54. The van der Waals surface area contributed by atoms with Crippen molar-refractivity contribution in [1.82, 2.24) is 5.43 Å². The smallest absolute Gasteiger partial charge is 0.343 e. The molecule has 0 radical (unpaired) electrons. The second kappa shape index (κ2) is 10.9. The highest BCUT2D eigenvalue weighted by Crippen LogP contribution is 2.17. The Balaban J connectivity index is 1.53. The maximum absolute atomic E-state index is 12.3. The van der Waals surface area contributed by atoms with E-state index >= 15 is 0 Å². The highest BCUT2D eigenvalue weighted by atomic mass is 35.5. The van der Waals surface area contributed by atoms with Crippen molar-refractivity contribution in [3.63, 3.8) is 0 Å². The van der Waals surface area contributed by atoms with Crippen LogP contribution < -0.4 is 14.9 Å². The van der Waals surface area contributed by atoms with Crippen molar-refractivity contribution in [1.29, 1.82) is 0 Å². The number of carbonyl (C=O) groups is 2. The summed E-state index contributed by atoms with van der Waals surface area (Å²) in [5.41, 5.74) is 4.00. The number of rotatable bonds is 8. The molecule has 31 heavy (non-hydrogen) atoms. The third kappa shape index (κ3) is 6.69. The molecule has 1 N–H and O–H groups in total. The Morgan fingerprint density at radius 2 is 1.68 bits per heavy atom. The SMILES string of the molecule is CCCOc1ccc(C(=O)Oc2ccc(/C=N\NC(=O)c3cccc(Cl)c3)cc2)cc1. The number of hydrazone groups is 1. The van der Waals surface area contributed by atoms with E-state index in [0.717, 1.165) is 12.0 Å². The molecule has 3 rings (SSSR count). The molecule has 0 saturated heterocycles. The molecule has 0 heterocycles. The van der Waals surface area contributed by atoms with Gasteiger partial charge in [-0.05, 0) is 78.7 Å². The summed E-state index contributed by atoms with van der Waals surface area (Å²) >= 11 is 5.87. The lowest BCUT2D eigenvalue weighted by Crippen LogP contribution is -2.17. The maximum atomic E-state index is 12.3. The molecule has 7 heteroatoms. The van der Waals surface area contributed by atoms with Crippen LogP contribution in [0.5, 0.6) is 11.5 Å². The van der Waals surface area contributed by atoms with Crippen LogP contribution in [-0.2, 0) is 0 Å². The Hall–Kier alpha value is -3.64. The largest absolute Gasteiger partial charge is 0.494 e. The van der Waals surface area contributed by atoms with Crippen LogP contribution in [0.25, 0.3) is 0 Å². The van der Waals surface area contributed by atoms with E-state index in [1.54, 1.807) is 72.8 Å². The van der Waals surface area contributed by atoms with Crippen molar-refractivity contribution in [2.45, 2.75) is 13.3 Å². The molecule has 0 fully saturated rings. The molecule has 0 bridgehead atoms. The second-order valence-corrected chi connectivity index (χ2v) is 6.98. The zero-order chi connectivity index (χ0) is 22.1. The Morgan fingerprint density at radius 1 is 0.968 bits per heavy atom. The fraction of sp³-hybridized carbons (Fsp3) is 0.125. The molecule has 0 aromatic heterocycles. The van der Waals surface area contributed by atoms with E-state index in [1.165, 1.54) is 6.21 Å². The van der Waals surface area contributed by atoms with Crippen LogP contribution in [-0.4, -0.2) is 24.7 Å². The van der Waals surface area contributed by atoms with E-state index in [4.69, 9.17) is 21.1 Å². The molecular weight excluding hydrogens is 416 g/mol. The standard InChI is InChI=1S/C24H21ClN2O4/c1-2-14-30-21-12-8-18(9-13-21)24(29)31-22-10-6-17(7-11-22)16-26-27-23(28)19-4-3-5-20(25)15-19/h3-13,15-16H,2,14H2,1H3,(H,27,28)/b26-16-. The molecule has 6 nitrogen and oxygen atoms in total.